The Morgan fingerprint density at radius 3 is 2.58 bits per heavy atom. The van der Waals surface area contributed by atoms with Gasteiger partial charge in [-0.1, -0.05) is 18.2 Å². The number of fused-ring (bicyclic) bond motifs is 1. The monoisotopic (exact) mass is 267 g/mol. The summed E-state index contributed by atoms with van der Waals surface area (Å²) in [6.45, 7) is 0. The number of nitrogen functional groups attached to an aromatic ring is 1. The molecule has 3 aromatic rings. The first kappa shape index (κ1) is 12.0. The van der Waals surface area contributed by atoms with Crippen LogP contribution in [0.15, 0.2) is 53.7 Å². The van der Waals surface area contributed by atoms with Crippen molar-refractivity contribution < 1.29 is 0 Å². The van der Waals surface area contributed by atoms with Gasteiger partial charge in [0.15, 0.2) is 0 Å². The molecule has 0 aliphatic carbocycles. The van der Waals surface area contributed by atoms with Gasteiger partial charge in [-0.05, 0) is 30.0 Å². The maximum absolute atomic E-state index is 5.87. The molecule has 2 heterocycles. The minimum Gasteiger partial charge on any atom is -0.382 e. The Kier molecular flexibility index (Phi) is 3.09. The smallest absolute Gasteiger partial charge is 0.149 e. The highest BCUT2D eigenvalue weighted by Gasteiger charge is 2.07. The van der Waals surface area contributed by atoms with Crippen LogP contribution in [-0.2, 0) is 0 Å². The lowest BCUT2D eigenvalue weighted by Gasteiger charge is -2.08. The van der Waals surface area contributed by atoms with Crippen molar-refractivity contribution in [2.45, 2.75) is 4.90 Å². The third-order valence-electron chi connectivity index (χ3n) is 3.07. The third-order valence-corrected chi connectivity index (χ3v) is 3.82. The largest absolute Gasteiger partial charge is 0.382 e. The Morgan fingerprint density at radius 2 is 1.84 bits per heavy atom. The molecule has 3 rings (SSSR count). The van der Waals surface area contributed by atoms with Crippen LogP contribution >= 0.6 is 11.8 Å². The van der Waals surface area contributed by atoms with Gasteiger partial charge in [0.2, 0.25) is 0 Å². The molecule has 0 saturated carbocycles. The van der Waals surface area contributed by atoms with Crippen LogP contribution in [0.1, 0.15) is 0 Å². The normalized spacial score (nSPS) is 10.8. The number of nitrogens with zero attached hydrogens (tertiary/aromatic N) is 2. The lowest BCUT2D eigenvalue weighted by atomic mass is 10.0. The van der Waals surface area contributed by atoms with Crippen molar-refractivity contribution in [2.24, 2.45) is 0 Å². The van der Waals surface area contributed by atoms with E-state index in [-0.39, 0.29) is 0 Å². The molecule has 0 aliphatic heterocycles. The number of nitrogens with two attached hydrogens (primary N) is 1. The Bertz CT molecular complexity index is 723. The van der Waals surface area contributed by atoms with Crippen molar-refractivity contribution in [1.82, 2.24) is 9.97 Å². The van der Waals surface area contributed by atoms with E-state index < -0.39 is 0 Å². The predicted octanol–water partition coefficient (Wildman–Crippen LogP) is 3.60. The maximum atomic E-state index is 5.87. The fraction of sp³-hybridized carbons (Fsp3) is 0.0667. The second-order valence-corrected chi connectivity index (χ2v) is 5.06. The Morgan fingerprint density at radius 1 is 1.05 bits per heavy atom. The van der Waals surface area contributed by atoms with Gasteiger partial charge < -0.3 is 5.73 Å². The van der Waals surface area contributed by atoms with Crippen molar-refractivity contribution in [3.05, 3.63) is 48.8 Å². The summed E-state index contributed by atoms with van der Waals surface area (Å²) in [4.78, 5) is 9.79. The van der Waals surface area contributed by atoms with Gasteiger partial charge in [0, 0.05) is 28.2 Å². The first-order chi connectivity index (χ1) is 9.29. The fourth-order valence-corrected chi connectivity index (χ4v) is 2.50. The van der Waals surface area contributed by atoms with Crippen LogP contribution in [0.25, 0.3) is 22.0 Å². The van der Waals surface area contributed by atoms with Crippen molar-refractivity contribution in [3.8, 4) is 11.1 Å². The van der Waals surface area contributed by atoms with Crippen molar-refractivity contribution in [3.63, 3.8) is 0 Å². The van der Waals surface area contributed by atoms with Crippen LogP contribution in [0.4, 0.5) is 5.82 Å². The molecule has 94 valence electrons. The van der Waals surface area contributed by atoms with Gasteiger partial charge in [-0.2, -0.15) is 0 Å². The Hall–Kier alpha value is -2.07. The Labute approximate surface area is 115 Å². The molecule has 0 spiro atoms. The van der Waals surface area contributed by atoms with Crippen LogP contribution in [0, 0.1) is 0 Å². The number of thioether (sulfide) groups is 1. The van der Waals surface area contributed by atoms with Gasteiger partial charge in [0.1, 0.15) is 11.3 Å². The van der Waals surface area contributed by atoms with Crippen LogP contribution in [-0.4, -0.2) is 16.2 Å². The first-order valence-corrected chi connectivity index (χ1v) is 7.15. The molecule has 0 atom stereocenters. The minimum atomic E-state index is 0.472. The second kappa shape index (κ2) is 4.90. The van der Waals surface area contributed by atoms with Crippen LogP contribution < -0.4 is 5.73 Å². The zero-order chi connectivity index (χ0) is 13.2. The molecule has 19 heavy (non-hydrogen) atoms. The van der Waals surface area contributed by atoms with Crippen molar-refractivity contribution >= 4 is 28.5 Å². The highest BCUT2D eigenvalue weighted by Crippen LogP contribution is 2.30. The standard InChI is InChI=1S/C15H13N3S/c1-19-11-6-4-10(5-7-11)13-9-18-15(16)14-12(13)3-2-8-17-14/h2-9H,1H3,(H2,16,18). The van der Waals surface area contributed by atoms with Gasteiger partial charge in [-0.25, -0.2) is 4.98 Å². The molecule has 3 nitrogen and oxygen atoms in total. The molecule has 4 heteroatoms. The summed E-state index contributed by atoms with van der Waals surface area (Å²) in [7, 11) is 0. The van der Waals surface area contributed by atoms with E-state index in [0.717, 1.165) is 22.0 Å². The summed E-state index contributed by atoms with van der Waals surface area (Å²) in [6.07, 6.45) is 5.62. The van der Waals surface area contributed by atoms with Crippen molar-refractivity contribution in [1.29, 1.82) is 0 Å². The summed E-state index contributed by atoms with van der Waals surface area (Å²) in [5.74, 6) is 0.472. The van der Waals surface area contributed by atoms with E-state index >= 15 is 0 Å². The quantitative estimate of drug-likeness (QED) is 0.721. The molecular formula is C15H13N3S. The van der Waals surface area contributed by atoms with Crippen LogP contribution in [0.2, 0.25) is 0 Å². The number of hydrogen-bond donors (Lipinski definition) is 1. The van der Waals surface area contributed by atoms with Gasteiger partial charge in [-0.3, -0.25) is 4.98 Å². The molecule has 0 unspecified atom stereocenters. The molecule has 2 N–H and O–H groups in total. The molecule has 0 saturated heterocycles. The number of aromatic nitrogens is 2. The number of pyridine rings is 2. The fourth-order valence-electron chi connectivity index (χ4n) is 2.09. The zero-order valence-electron chi connectivity index (χ0n) is 10.5. The van der Waals surface area contributed by atoms with E-state index in [2.05, 4.69) is 40.5 Å². The van der Waals surface area contributed by atoms with Gasteiger partial charge >= 0.3 is 0 Å². The average molecular weight is 267 g/mol. The van der Waals surface area contributed by atoms with E-state index in [1.165, 1.54) is 4.90 Å². The maximum Gasteiger partial charge on any atom is 0.149 e. The molecule has 0 aliphatic rings. The second-order valence-electron chi connectivity index (χ2n) is 4.19. The van der Waals surface area contributed by atoms with Gasteiger partial charge in [-0.15, -0.1) is 11.8 Å². The summed E-state index contributed by atoms with van der Waals surface area (Å²) < 4.78 is 0. The Balaban J connectivity index is 2.21. The number of anilines is 1. The highest BCUT2D eigenvalue weighted by atomic mass is 32.2. The van der Waals surface area contributed by atoms with E-state index in [9.17, 15) is 0 Å². The van der Waals surface area contributed by atoms with Crippen LogP contribution in [0.5, 0.6) is 0 Å². The van der Waals surface area contributed by atoms with E-state index in [4.69, 9.17) is 5.73 Å². The molecule has 0 radical (unpaired) electrons. The summed E-state index contributed by atoms with van der Waals surface area (Å²) in [6, 6.07) is 12.4. The topological polar surface area (TPSA) is 51.8 Å². The SMILES string of the molecule is CSc1ccc(-c2cnc(N)c3ncccc23)cc1. The summed E-state index contributed by atoms with van der Waals surface area (Å²) in [5, 5.41) is 1.03. The zero-order valence-corrected chi connectivity index (χ0v) is 11.3. The predicted molar refractivity (Wildman–Crippen MR) is 81.2 cm³/mol. The minimum absolute atomic E-state index is 0.472. The molecule has 0 amide bonds. The molecule has 0 bridgehead atoms. The van der Waals surface area contributed by atoms with Crippen LogP contribution in [0.3, 0.4) is 0 Å². The molecule has 0 fully saturated rings. The van der Waals surface area contributed by atoms with Crippen molar-refractivity contribution in [2.75, 3.05) is 12.0 Å². The summed E-state index contributed by atoms with van der Waals surface area (Å²) in [5.41, 5.74) is 8.82. The molecule has 1 aromatic carbocycles. The van der Waals surface area contributed by atoms with Gasteiger partial charge in [0.05, 0.1) is 0 Å². The van der Waals surface area contributed by atoms with E-state index in [1.807, 2.05) is 18.3 Å². The summed E-state index contributed by atoms with van der Waals surface area (Å²) >= 11 is 1.73. The van der Waals surface area contributed by atoms with E-state index in [0.29, 0.717) is 5.82 Å². The average Bonchev–Trinajstić information content (AvgIpc) is 2.48. The third kappa shape index (κ3) is 2.15. The number of benzene rings is 1. The highest BCUT2D eigenvalue weighted by molar-refractivity contribution is 7.98. The van der Waals surface area contributed by atoms with Gasteiger partial charge in [0.25, 0.3) is 0 Å². The lowest BCUT2D eigenvalue weighted by Crippen LogP contribution is -1.95. The molecular weight excluding hydrogens is 254 g/mol. The number of rotatable bonds is 2. The first-order valence-electron chi connectivity index (χ1n) is 5.93. The number of hydrogen-bond acceptors (Lipinski definition) is 4. The van der Waals surface area contributed by atoms with E-state index in [1.54, 1.807) is 18.0 Å². The molecule has 2 aromatic heterocycles. The lowest BCUT2D eigenvalue weighted by molar-refractivity contribution is 1.31.